The van der Waals surface area contributed by atoms with Gasteiger partial charge in [0.05, 0.1) is 22.1 Å². The molecule has 0 unspecified atom stereocenters. The summed E-state index contributed by atoms with van der Waals surface area (Å²) in [5.41, 5.74) is 15.9. The molecule has 0 saturated carbocycles. The van der Waals surface area contributed by atoms with Crippen molar-refractivity contribution in [3.63, 3.8) is 0 Å². The van der Waals surface area contributed by atoms with Crippen LogP contribution in [0.1, 0.15) is 0 Å². The lowest BCUT2D eigenvalue weighted by atomic mass is 9.90. The van der Waals surface area contributed by atoms with Crippen LogP contribution in [0.25, 0.3) is 130 Å². The summed E-state index contributed by atoms with van der Waals surface area (Å²) in [6, 6.07) is 80.0. The number of nitrogens with zero attached hydrogens (tertiary/aromatic N) is 2. The highest BCUT2D eigenvalue weighted by Gasteiger charge is 2.21. The van der Waals surface area contributed by atoms with Crippen molar-refractivity contribution in [3.05, 3.63) is 218 Å². The normalized spacial score (nSPS) is 12.1. The van der Waals surface area contributed by atoms with E-state index in [4.69, 9.17) is 4.42 Å². The molecule has 4 heterocycles. The lowest BCUT2D eigenvalue weighted by Crippen LogP contribution is -1.95. The third-order valence-electron chi connectivity index (χ3n) is 13.3. The fourth-order valence-corrected chi connectivity index (χ4v) is 11.6. The van der Waals surface area contributed by atoms with Gasteiger partial charge in [-0.15, -0.1) is 11.3 Å². The molecule has 4 aromatic heterocycles. The highest BCUT2D eigenvalue weighted by atomic mass is 32.1. The van der Waals surface area contributed by atoms with Gasteiger partial charge in [0.1, 0.15) is 11.2 Å². The second-order valence-electron chi connectivity index (χ2n) is 16.8. The van der Waals surface area contributed by atoms with Gasteiger partial charge in [0.2, 0.25) is 0 Å². The minimum atomic E-state index is 0.894. The van der Waals surface area contributed by atoms with Crippen LogP contribution < -0.4 is 0 Å². The van der Waals surface area contributed by atoms with Gasteiger partial charge in [0, 0.05) is 69.4 Å². The predicted molar refractivity (Wildman–Crippen MR) is 272 cm³/mol. The van der Waals surface area contributed by atoms with E-state index in [2.05, 4.69) is 215 Å². The number of thiophene rings is 1. The minimum Gasteiger partial charge on any atom is -0.456 e. The van der Waals surface area contributed by atoms with Gasteiger partial charge in [-0.2, -0.15) is 0 Å². The third-order valence-corrected chi connectivity index (χ3v) is 14.4. The maximum Gasteiger partial charge on any atom is 0.135 e. The molecule has 0 bridgehead atoms. The molecule has 10 aromatic carbocycles. The van der Waals surface area contributed by atoms with Crippen molar-refractivity contribution >= 4 is 97.1 Å². The van der Waals surface area contributed by atoms with Gasteiger partial charge in [0.25, 0.3) is 0 Å². The summed E-state index contributed by atoms with van der Waals surface area (Å²) in [6.07, 6.45) is 0. The molecule has 0 radical (unpaired) electrons. The second kappa shape index (κ2) is 13.7. The van der Waals surface area contributed by atoms with E-state index in [0.29, 0.717) is 0 Å². The van der Waals surface area contributed by atoms with E-state index in [9.17, 15) is 0 Å². The monoisotopic (exact) mass is 832 g/mol. The maximum absolute atomic E-state index is 6.28. The topological polar surface area (TPSA) is 23.0 Å². The van der Waals surface area contributed by atoms with Gasteiger partial charge in [0.15, 0.2) is 0 Å². The molecule has 0 saturated heterocycles. The Bertz CT molecular complexity index is 4200. The SMILES string of the molecule is c1ccc(-n2c3ccccc3c3cccc(-c4cc(-c5ccc6sc7ccccc7c6c5)cc(-c5cccc6c5c5ccccc5n6-c5ccc6oc7ccccc7c6c5)c4)c32)cc1. The molecule has 14 aromatic rings. The van der Waals surface area contributed by atoms with Crippen LogP contribution in [-0.2, 0) is 0 Å². The Balaban J connectivity index is 1.06. The first-order chi connectivity index (χ1) is 31.7. The Morgan fingerprint density at radius 2 is 0.938 bits per heavy atom. The zero-order chi connectivity index (χ0) is 41.9. The molecule has 0 amide bonds. The predicted octanol–water partition coefficient (Wildman–Crippen LogP) is 17.1. The summed E-state index contributed by atoms with van der Waals surface area (Å²) >= 11 is 1.86. The molecule has 0 fully saturated rings. The number of hydrogen-bond acceptors (Lipinski definition) is 2. The van der Waals surface area contributed by atoms with E-state index in [1.165, 1.54) is 91.6 Å². The Kier molecular flexibility index (Phi) is 7.56. The molecule has 0 aliphatic heterocycles. The average Bonchev–Trinajstić information content (AvgIpc) is 4.11. The molecule has 0 aliphatic carbocycles. The Morgan fingerprint density at radius 1 is 0.312 bits per heavy atom. The first-order valence-corrected chi connectivity index (χ1v) is 22.6. The van der Waals surface area contributed by atoms with Crippen molar-refractivity contribution in [1.29, 1.82) is 0 Å². The smallest absolute Gasteiger partial charge is 0.135 e. The van der Waals surface area contributed by atoms with Gasteiger partial charge in [-0.3, -0.25) is 0 Å². The summed E-state index contributed by atoms with van der Waals surface area (Å²) in [5.74, 6) is 0. The molecule has 298 valence electrons. The van der Waals surface area contributed by atoms with Crippen molar-refractivity contribution < 1.29 is 4.42 Å². The van der Waals surface area contributed by atoms with Gasteiger partial charge in [-0.25, -0.2) is 0 Å². The van der Waals surface area contributed by atoms with Crippen LogP contribution in [0.2, 0.25) is 0 Å². The number of para-hydroxylation sites is 5. The van der Waals surface area contributed by atoms with E-state index in [-0.39, 0.29) is 0 Å². The zero-order valence-corrected chi connectivity index (χ0v) is 35.3. The quantitative estimate of drug-likeness (QED) is 0.169. The molecule has 4 heteroatoms. The number of aromatic nitrogens is 2. The lowest BCUT2D eigenvalue weighted by Gasteiger charge is -2.15. The first kappa shape index (κ1) is 35.4. The number of rotatable bonds is 5. The van der Waals surface area contributed by atoms with Crippen LogP contribution in [0.3, 0.4) is 0 Å². The summed E-state index contributed by atoms with van der Waals surface area (Å²) in [6.45, 7) is 0. The van der Waals surface area contributed by atoms with E-state index >= 15 is 0 Å². The molecular weight excluding hydrogens is 797 g/mol. The second-order valence-corrected chi connectivity index (χ2v) is 17.9. The van der Waals surface area contributed by atoms with Crippen molar-refractivity contribution in [1.82, 2.24) is 9.13 Å². The molecule has 3 nitrogen and oxygen atoms in total. The van der Waals surface area contributed by atoms with Crippen molar-refractivity contribution in [2.24, 2.45) is 0 Å². The molecule has 14 rings (SSSR count). The highest BCUT2D eigenvalue weighted by molar-refractivity contribution is 7.25. The third kappa shape index (κ3) is 5.21. The van der Waals surface area contributed by atoms with E-state index < -0.39 is 0 Å². The van der Waals surface area contributed by atoms with Gasteiger partial charge >= 0.3 is 0 Å². The van der Waals surface area contributed by atoms with Crippen molar-refractivity contribution in [3.8, 4) is 44.8 Å². The fourth-order valence-electron chi connectivity index (χ4n) is 10.5. The van der Waals surface area contributed by atoms with E-state index in [1.807, 2.05) is 23.5 Å². The summed E-state index contributed by atoms with van der Waals surface area (Å²) < 4.78 is 13.8. The number of benzene rings is 10. The summed E-state index contributed by atoms with van der Waals surface area (Å²) in [5, 5.41) is 9.77. The molecule has 0 N–H and O–H groups in total. The minimum absolute atomic E-state index is 0.894. The molecule has 0 spiro atoms. The van der Waals surface area contributed by atoms with E-state index in [0.717, 1.165) is 38.8 Å². The fraction of sp³-hybridized carbons (Fsp3) is 0. The molecule has 64 heavy (non-hydrogen) atoms. The number of hydrogen-bond donors (Lipinski definition) is 0. The standard InChI is InChI=1S/C60H36N2OS/c1-2-14-41(15-3-1)62-52-23-8-4-16-45(52)48-22-12-21-44(60(48)62)40-33-38(37-28-31-58-51(35-37)47-18-7-11-27-57(47)64-58)32-39(34-40)43-20-13-25-54-59(43)49-19-5-9-24-53(49)61(54)42-29-30-56-50(36-42)46-17-6-10-26-55(46)63-56/h1-36H. The van der Waals surface area contributed by atoms with Gasteiger partial charge < -0.3 is 13.6 Å². The number of fused-ring (bicyclic) bond motifs is 12. The Labute approximate surface area is 371 Å². The largest absolute Gasteiger partial charge is 0.456 e. The lowest BCUT2D eigenvalue weighted by molar-refractivity contribution is 0.669. The Morgan fingerprint density at radius 3 is 1.81 bits per heavy atom. The molecular formula is C60H36N2OS. The van der Waals surface area contributed by atoms with Gasteiger partial charge in [-0.1, -0.05) is 127 Å². The van der Waals surface area contributed by atoms with Crippen molar-refractivity contribution in [2.45, 2.75) is 0 Å². The van der Waals surface area contributed by atoms with Crippen LogP contribution in [0.4, 0.5) is 0 Å². The summed E-state index contributed by atoms with van der Waals surface area (Å²) in [4.78, 5) is 0. The van der Waals surface area contributed by atoms with Crippen LogP contribution in [0, 0.1) is 0 Å². The van der Waals surface area contributed by atoms with Gasteiger partial charge in [-0.05, 0) is 119 Å². The average molecular weight is 833 g/mol. The molecule has 0 atom stereocenters. The number of furan rings is 1. The first-order valence-electron chi connectivity index (χ1n) is 21.8. The highest BCUT2D eigenvalue weighted by Crippen LogP contribution is 2.45. The van der Waals surface area contributed by atoms with Crippen LogP contribution in [0.15, 0.2) is 223 Å². The Hall–Kier alpha value is -8.18. The van der Waals surface area contributed by atoms with Crippen LogP contribution >= 0.6 is 11.3 Å². The molecule has 0 aliphatic rings. The van der Waals surface area contributed by atoms with Crippen molar-refractivity contribution in [2.75, 3.05) is 0 Å². The van der Waals surface area contributed by atoms with Crippen LogP contribution in [-0.4, -0.2) is 9.13 Å². The van der Waals surface area contributed by atoms with Crippen LogP contribution in [0.5, 0.6) is 0 Å². The summed E-state index contributed by atoms with van der Waals surface area (Å²) in [7, 11) is 0. The maximum atomic E-state index is 6.28. The van der Waals surface area contributed by atoms with E-state index in [1.54, 1.807) is 0 Å². The zero-order valence-electron chi connectivity index (χ0n) is 34.5.